The summed E-state index contributed by atoms with van der Waals surface area (Å²) in [5.74, 6) is 1.52. The van der Waals surface area contributed by atoms with Crippen molar-refractivity contribution in [3.05, 3.63) is 36.7 Å². The van der Waals surface area contributed by atoms with Gasteiger partial charge in [0.2, 0.25) is 21.9 Å². The topological polar surface area (TPSA) is 179 Å². The summed E-state index contributed by atoms with van der Waals surface area (Å²) in [5.41, 5.74) is 6.56. The lowest BCUT2D eigenvalue weighted by molar-refractivity contribution is 0.598. The fourth-order valence-corrected chi connectivity index (χ4v) is 3.45. The first-order valence-corrected chi connectivity index (χ1v) is 10.4. The van der Waals surface area contributed by atoms with Crippen LogP contribution in [0.3, 0.4) is 0 Å². The van der Waals surface area contributed by atoms with Crippen LogP contribution >= 0.6 is 0 Å². The van der Waals surface area contributed by atoms with Gasteiger partial charge in [0.25, 0.3) is 0 Å². The summed E-state index contributed by atoms with van der Waals surface area (Å²) >= 11 is 0. The zero-order valence-corrected chi connectivity index (χ0v) is 16.1. The van der Waals surface area contributed by atoms with Crippen LogP contribution in [-0.2, 0) is 10.0 Å². The lowest BCUT2D eigenvalue weighted by Crippen LogP contribution is -2.22. The van der Waals surface area contributed by atoms with E-state index >= 15 is 0 Å². The number of aromatic nitrogens is 5. The van der Waals surface area contributed by atoms with Gasteiger partial charge in [-0.25, -0.2) is 23.5 Å². The Labute approximate surface area is 166 Å². The highest BCUT2D eigenvalue weighted by atomic mass is 32.2. The maximum absolute atomic E-state index is 11.3. The fraction of sp³-hybridized carbons (Fsp3) is 0.250. The number of primary sulfonamides is 1. The third-order valence-corrected chi connectivity index (χ3v) is 5.28. The van der Waals surface area contributed by atoms with Gasteiger partial charge in [-0.05, 0) is 37.2 Å². The lowest BCUT2D eigenvalue weighted by Gasteiger charge is -2.12. The highest BCUT2D eigenvalue weighted by Crippen LogP contribution is 2.19. The molecule has 2 aromatic heterocycles. The molecule has 1 fully saturated rings. The molecule has 1 saturated heterocycles. The number of rotatable bonds is 6. The molecule has 7 N–H and O–H groups in total. The molecule has 0 amide bonds. The zero-order chi connectivity index (χ0) is 20.4. The molecule has 1 aromatic carbocycles. The monoisotopic (exact) mass is 416 g/mol. The minimum absolute atomic E-state index is 0.0135. The summed E-state index contributed by atoms with van der Waals surface area (Å²) in [6, 6.07) is 7.94. The first-order chi connectivity index (χ1) is 13.9. The molecule has 3 aromatic rings. The van der Waals surface area contributed by atoms with Crippen molar-refractivity contribution in [1.29, 1.82) is 0 Å². The maximum Gasteiger partial charge on any atom is 0.248 e. The molecule has 1 aliphatic rings. The molecule has 1 atom stereocenters. The number of hydrogen-bond acceptors (Lipinski definition) is 10. The number of nitrogens with two attached hydrogens (primary N) is 2. The van der Waals surface area contributed by atoms with Crippen LogP contribution in [0.1, 0.15) is 6.42 Å². The van der Waals surface area contributed by atoms with Crippen molar-refractivity contribution >= 4 is 33.4 Å². The van der Waals surface area contributed by atoms with Crippen molar-refractivity contribution in [1.82, 2.24) is 30.0 Å². The molecule has 29 heavy (non-hydrogen) atoms. The average Bonchev–Trinajstić information content (AvgIpc) is 3.31. The average molecular weight is 416 g/mol. The van der Waals surface area contributed by atoms with Crippen molar-refractivity contribution in [2.24, 2.45) is 5.14 Å². The molecular formula is C16H20N10O2S. The van der Waals surface area contributed by atoms with Crippen LogP contribution < -0.4 is 26.8 Å². The van der Waals surface area contributed by atoms with Gasteiger partial charge >= 0.3 is 0 Å². The highest BCUT2D eigenvalue weighted by molar-refractivity contribution is 7.89. The van der Waals surface area contributed by atoms with Crippen LogP contribution in [0.2, 0.25) is 0 Å². The van der Waals surface area contributed by atoms with E-state index in [4.69, 9.17) is 10.9 Å². The number of hydrogen-bond donors (Lipinski definition) is 5. The molecule has 12 nitrogen and oxygen atoms in total. The Balaban J connectivity index is 1.52. The van der Waals surface area contributed by atoms with Crippen LogP contribution in [0.4, 0.5) is 23.4 Å². The smallest absolute Gasteiger partial charge is 0.248 e. The number of anilines is 4. The zero-order valence-electron chi connectivity index (χ0n) is 15.3. The standard InChI is InChI=1S/C16H20N10O2S/c17-15-24-16(23-10-1-3-12(4-2-10)29(18,27)28)25-26(15)14-7-13(20-9-21-14)22-11-5-6-19-8-11/h1-4,7,9,11,19H,5-6,8H2,(H2,18,27,28)(H,20,21,22)(H3,17,23,24,25). The summed E-state index contributed by atoms with van der Waals surface area (Å²) in [6.45, 7) is 1.85. The van der Waals surface area contributed by atoms with Gasteiger partial charge in [-0.2, -0.15) is 9.67 Å². The molecule has 1 unspecified atom stereocenters. The lowest BCUT2D eigenvalue weighted by atomic mass is 10.2. The molecule has 13 heteroatoms. The van der Waals surface area contributed by atoms with E-state index in [1.165, 1.54) is 23.1 Å². The summed E-state index contributed by atoms with van der Waals surface area (Å²) in [6.07, 6.45) is 2.45. The first-order valence-electron chi connectivity index (χ1n) is 8.80. The Morgan fingerprint density at radius 2 is 2.00 bits per heavy atom. The van der Waals surface area contributed by atoms with E-state index < -0.39 is 10.0 Å². The fourth-order valence-electron chi connectivity index (χ4n) is 2.93. The summed E-state index contributed by atoms with van der Waals surface area (Å²) in [4.78, 5) is 12.6. The second-order valence-electron chi connectivity index (χ2n) is 6.50. The SMILES string of the molecule is Nc1nc(Nc2ccc(S(N)(=O)=O)cc2)nn1-c1cc(NC2CCNC2)ncn1. The quantitative estimate of drug-likeness (QED) is 0.361. The van der Waals surface area contributed by atoms with E-state index in [2.05, 4.69) is 36.0 Å². The normalized spacial score (nSPS) is 16.7. The van der Waals surface area contributed by atoms with E-state index in [9.17, 15) is 8.42 Å². The molecular weight excluding hydrogens is 396 g/mol. The minimum Gasteiger partial charge on any atom is -0.368 e. The number of benzene rings is 1. The number of sulfonamides is 1. The van der Waals surface area contributed by atoms with Gasteiger partial charge in [-0.1, -0.05) is 0 Å². The van der Waals surface area contributed by atoms with Crippen LogP contribution in [0, 0.1) is 0 Å². The predicted octanol–water partition coefficient (Wildman–Crippen LogP) is -0.196. The third kappa shape index (κ3) is 4.42. The number of nitrogens with zero attached hydrogens (tertiary/aromatic N) is 5. The molecule has 1 aliphatic heterocycles. The van der Waals surface area contributed by atoms with E-state index in [0.29, 0.717) is 23.4 Å². The third-order valence-electron chi connectivity index (χ3n) is 4.35. The molecule has 0 aliphatic carbocycles. The van der Waals surface area contributed by atoms with Crippen molar-refractivity contribution < 1.29 is 8.42 Å². The molecule has 0 spiro atoms. The molecule has 3 heterocycles. The second-order valence-corrected chi connectivity index (χ2v) is 8.06. The van der Waals surface area contributed by atoms with Crippen molar-refractivity contribution in [2.45, 2.75) is 17.4 Å². The van der Waals surface area contributed by atoms with Gasteiger partial charge in [0.1, 0.15) is 12.1 Å². The Morgan fingerprint density at radius 1 is 1.21 bits per heavy atom. The van der Waals surface area contributed by atoms with Crippen molar-refractivity contribution in [2.75, 3.05) is 29.5 Å². The van der Waals surface area contributed by atoms with Crippen molar-refractivity contribution in [3.63, 3.8) is 0 Å². The second kappa shape index (κ2) is 7.62. The van der Waals surface area contributed by atoms with Crippen LogP contribution in [0.25, 0.3) is 5.82 Å². The Kier molecular flexibility index (Phi) is 5.00. The van der Waals surface area contributed by atoms with Crippen LogP contribution in [-0.4, -0.2) is 52.3 Å². The summed E-state index contributed by atoms with van der Waals surface area (Å²) < 4.78 is 24.1. The summed E-state index contributed by atoms with van der Waals surface area (Å²) in [7, 11) is -3.75. The predicted molar refractivity (Wildman–Crippen MR) is 107 cm³/mol. The van der Waals surface area contributed by atoms with E-state index in [0.717, 1.165) is 19.5 Å². The molecule has 0 saturated carbocycles. The minimum atomic E-state index is -3.75. The molecule has 0 bridgehead atoms. The van der Waals surface area contributed by atoms with Crippen LogP contribution in [0.15, 0.2) is 41.6 Å². The molecule has 152 valence electrons. The molecule has 0 radical (unpaired) electrons. The Bertz CT molecular complexity index is 1110. The van der Waals surface area contributed by atoms with Gasteiger partial charge in [0.05, 0.1) is 4.90 Å². The Morgan fingerprint density at radius 3 is 2.69 bits per heavy atom. The summed E-state index contributed by atoms with van der Waals surface area (Å²) in [5, 5.41) is 19.0. The van der Waals surface area contributed by atoms with E-state index in [1.807, 2.05) is 0 Å². The van der Waals surface area contributed by atoms with Crippen LogP contribution in [0.5, 0.6) is 0 Å². The van der Waals surface area contributed by atoms with E-state index in [1.54, 1.807) is 18.2 Å². The van der Waals surface area contributed by atoms with Gasteiger partial charge in [0.15, 0.2) is 5.82 Å². The van der Waals surface area contributed by atoms with Gasteiger partial charge in [0, 0.05) is 24.3 Å². The maximum atomic E-state index is 11.3. The highest BCUT2D eigenvalue weighted by Gasteiger charge is 2.16. The van der Waals surface area contributed by atoms with Gasteiger partial charge < -0.3 is 21.7 Å². The van der Waals surface area contributed by atoms with E-state index in [-0.39, 0.29) is 16.8 Å². The Hall–Kier alpha value is -3.29. The van der Waals surface area contributed by atoms with Gasteiger partial charge in [-0.3, -0.25) is 0 Å². The number of nitrogens with one attached hydrogen (secondary N) is 3. The first kappa shape index (κ1) is 19.0. The number of nitrogen functional groups attached to an aromatic ring is 1. The van der Waals surface area contributed by atoms with Gasteiger partial charge in [-0.15, -0.1) is 5.10 Å². The van der Waals surface area contributed by atoms with Crippen molar-refractivity contribution in [3.8, 4) is 5.82 Å². The largest absolute Gasteiger partial charge is 0.368 e. The molecule has 4 rings (SSSR count).